The van der Waals surface area contributed by atoms with Crippen molar-refractivity contribution in [1.82, 2.24) is 9.97 Å². The lowest BCUT2D eigenvalue weighted by molar-refractivity contribution is -0.140. The van der Waals surface area contributed by atoms with Crippen molar-refractivity contribution in [3.63, 3.8) is 0 Å². The molecule has 2 aromatic carbocycles. The number of aromatic nitrogens is 2. The summed E-state index contributed by atoms with van der Waals surface area (Å²) in [6, 6.07) is 10.4. The monoisotopic (exact) mass is 479 g/mol. The van der Waals surface area contributed by atoms with Crippen LogP contribution in [0.5, 0.6) is 11.5 Å². The summed E-state index contributed by atoms with van der Waals surface area (Å²) in [5.41, 5.74) is 5.04. The fourth-order valence-corrected chi connectivity index (χ4v) is 3.04. The number of nitrogen functional groups attached to an aromatic ring is 1. The quantitative estimate of drug-likeness (QED) is 0.449. The van der Waals surface area contributed by atoms with Gasteiger partial charge in [-0.05, 0) is 42.3 Å². The first-order chi connectivity index (χ1) is 14.1. The molecule has 3 rings (SSSR count). The number of rotatable bonds is 5. The molecule has 1 aromatic heterocycles. The molecule has 0 amide bonds. The second-order valence-corrected chi connectivity index (χ2v) is 7.50. The van der Waals surface area contributed by atoms with Gasteiger partial charge >= 0.3 is 6.18 Å². The van der Waals surface area contributed by atoms with Gasteiger partial charge in [-0.1, -0.05) is 34.6 Å². The van der Waals surface area contributed by atoms with Crippen molar-refractivity contribution < 1.29 is 23.0 Å². The van der Waals surface area contributed by atoms with E-state index in [0.717, 1.165) is 5.57 Å². The summed E-state index contributed by atoms with van der Waals surface area (Å²) in [7, 11) is 0. The zero-order valence-corrected chi connectivity index (χ0v) is 17.4. The molecule has 0 aliphatic heterocycles. The Balaban J connectivity index is 2.23. The highest BCUT2D eigenvalue weighted by atomic mass is 79.9. The van der Waals surface area contributed by atoms with E-state index in [4.69, 9.17) is 10.5 Å². The largest absolute Gasteiger partial charge is 0.507 e. The highest BCUT2D eigenvalue weighted by molar-refractivity contribution is 9.10. The number of alkyl halides is 3. The van der Waals surface area contributed by atoms with E-state index in [1.807, 2.05) is 0 Å². The summed E-state index contributed by atoms with van der Waals surface area (Å²) >= 11 is 3.26. The number of nitrogens with two attached hydrogens (primary N) is 1. The van der Waals surface area contributed by atoms with Gasteiger partial charge in [0.15, 0.2) is 5.69 Å². The maximum atomic E-state index is 13.8. The van der Waals surface area contributed by atoms with E-state index >= 15 is 0 Å². The third-order valence-corrected chi connectivity index (χ3v) is 4.57. The van der Waals surface area contributed by atoms with Crippen molar-refractivity contribution in [2.75, 3.05) is 12.3 Å². The summed E-state index contributed by atoms with van der Waals surface area (Å²) < 4.78 is 47.5. The number of nitrogens with zero attached hydrogens (tertiary/aromatic N) is 2. The first-order valence-corrected chi connectivity index (χ1v) is 9.46. The Morgan fingerprint density at radius 2 is 1.83 bits per heavy atom. The highest BCUT2D eigenvalue weighted by Gasteiger charge is 2.38. The number of benzene rings is 2. The maximum Gasteiger partial charge on any atom is 0.434 e. The third kappa shape index (κ3) is 4.73. The number of hydrogen-bond acceptors (Lipinski definition) is 5. The van der Waals surface area contributed by atoms with E-state index in [-0.39, 0.29) is 34.7 Å². The smallest absolute Gasteiger partial charge is 0.434 e. The van der Waals surface area contributed by atoms with E-state index in [0.29, 0.717) is 10.2 Å². The fourth-order valence-electron chi connectivity index (χ4n) is 2.78. The molecule has 156 valence electrons. The number of phenolic OH excluding ortho intramolecular Hbond substituents is 1. The van der Waals surface area contributed by atoms with Gasteiger partial charge in [-0.25, -0.2) is 9.97 Å². The van der Waals surface area contributed by atoms with E-state index in [1.54, 1.807) is 19.1 Å². The van der Waals surface area contributed by atoms with Crippen molar-refractivity contribution in [2.24, 2.45) is 0 Å². The zero-order valence-electron chi connectivity index (χ0n) is 15.8. The molecule has 0 saturated heterocycles. The van der Waals surface area contributed by atoms with Crippen molar-refractivity contribution in [2.45, 2.75) is 13.1 Å². The van der Waals surface area contributed by atoms with Crippen molar-refractivity contribution in [3.05, 3.63) is 64.8 Å². The van der Waals surface area contributed by atoms with Crippen LogP contribution in [-0.2, 0) is 6.18 Å². The molecule has 0 aliphatic carbocycles. The lowest BCUT2D eigenvalue weighted by atomic mass is 9.96. The third-order valence-electron chi connectivity index (χ3n) is 4.04. The predicted molar refractivity (Wildman–Crippen MR) is 112 cm³/mol. The van der Waals surface area contributed by atoms with Crippen molar-refractivity contribution in [1.29, 1.82) is 0 Å². The molecule has 0 spiro atoms. The van der Waals surface area contributed by atoms with Crippen LogP contribution in [0.25, 0.3) is 22.4 Å². The topological polar surface area (TPSA) is 81.3 Å². The van der Waals surface area contributed by atoms with Gasteiger partial charge < -0.3 is 15.6 Å². The Morgan fingerprint density at radius 3 is 2.40 bits per heavy atom. The van der Waals surface area contributed by atoms with Crippen molar-refractivity contribution in [3.8, 4) is 33.9 Å². The van der Waals surface area contributed by atoms with E-state index < -0.39 is 17.8 Å². The first kappa shape index (κ1) is 21.6. The van der Waals surface area contributed by atoms with Crippen LogP contribution in [0, 0.1) is 0 Å². The number of ether oxygens (including phenoxy) is 1. The molecule has 0 aliphatic rings. The van der Waals surface area contributed by atoms with Gasteiger partial charge in [-0.3, -0.25) is 0 Å². The minimum absolute atomic E-state index is 0.0650. The molecule has 0 atom stereocenters. The molecule has 9 heteroatoms. The Hall–Kier alpha value is -3.07. The number of halogens is 4. The van der Waals surface area contributed by atoms with Crippen LogP contribution in [0.3, 0.4) is 0 Å². The van der Waals surface area contributed by atoms with Crippen LogP contribution in [0.15, 0.2) is 59.1 Å². The molecule has 3 N–H and O–H groups in total. The number of hydrogen-bond donors (Lipinski definition) is 2. The van der Waals surface area contributed by atoms with E-state index in [9.17, 15) is 18.3 Å². The molecular formula is C21H17BrF3N3O2. The fraction of sp³-hybridized carbons (Fsp3) is 0.143. The summed E-state index contributed by atoms with van der Waals surface area (Å²) in [6.07, 6.45) is -4.78. The van der Waals surface area contributed by atoms with Gasteiger partial charge in [0.2, 0.25) is 5.95 Å². The first-order valence-electron chi connectivity index (χ1n) is 8.67. The van der Waals surface area contributed by atoms with Gasteiger partial charge in [0.05, 0.1) is 5.69 Å². The summed E-state index contributed by atoms with van der Waals surface area (Å²) in [5.74, 6) is -0.526. The van der Waals surface area contributed by atoms with Crippen LogP contribution in [0.4, 0.5) is 19.1 Å². The molecule has 0 fully saturated rings. The van der Waals surface area contributed by atoms with Crippen LogP contribution in [-0.4, -0.2) is 21.7 Å². The molecule has 0 bridgehead atoms. The average molecular weight is 480 g/mol. The van der Waals surface area contributed by atoms with Crippen LogP contribution < -0.4 is 10.5 Å². The van der Waals surface area contributed by atoms with Gasteiger partial charge in [0.1, 0.15) is 18.1 Å². The molecule has 30 heavy (non-hydrogen) atoms. The summed E-state index contributed by atoms with van der Waals surface area (Å²) in [6.45, 7) is 5.74. The molecule has 0 unspecified atom stereocenters. The SMILES string of the molecule is C=C(C)COc1ccc(-c2nc(N)nc(C(F)(F)F)c2-c2ccc(Br)cc2)c(O)c1. The highest BCUT2D eigenvalue weighted by Crippen LogP contribution is 2.43. The lowest BCUT2D eigenvalue weighted by Crippen LogP contribution is -2.14. The number of aromatic hydroxyl groups is 1. The number of phenols is 1. The minimum atomic E-state index is -4.78. The van der Waals surface area contributed by atoms with E-state index in [2.05, 4.69) is 32.5 Å². The normalized spacial score (nSPS) is 11.4. The second kappa shape index (κ2) is 8.35. The standard InChI is InChI=1S/C21H17BrF3N3O2/c1-11(2)10-30-14-7-8-15(16(29)9-14)18-17(12-3-5-13(22)6-4-12)19(21(23,24)25)28-20(26)27-18/h3-9,29H,1,10H2,2H3,(H2,26,27,28). The number of anilines is 1. The molecule has 0 radical (unpaired) electrons. The average Bonchev–Trinajstić information content (AvgIpc) is 2.66. The lowest BCUT2D eigenvalue weighted by Gasteiger charge is -2.17. The molecular weight excluding hydrogens is 463 g/mol. The zero-order chi connectivity index (χ0) is 22.1. The summed E-state index contributed by atoms with van der Waals surface area (Å²) in [4.78, 5) is 7.46. The molecule has 0 saturated carbocycles. The Kier molecular flexibility index (Phi) is 6.02. The van der Waals surface area contributed by atoms with Gasteiger partial charge in [-0.2, -0.15) is 13.2 Å². The molecule has 5 nitrogen and oxygen atoms in total. The van der Waals surface area contributed by atoms with Gasteiger partial charge in [-0.15, -0.1) is 0 Å². The summed E-state index contributed by atoms with van der Waals surface area (Å²) in [5, 5.41) is 10.5. The predicted octanol–water partition coefficient (Wildman–Crippen LogP) is 5.83. The van der Waals surface area contributed by atoms with Crippen molar-refractivity contribution >= 4 is 21.9 Å². The van der Waals surface area contributed by atoms with Gasteiger partial charge in [0.25, 0.3) is 0 Å². The van der Waals surface area contributed by atoms with Gasteiger partial charge in [0, 0.05) is 21.7 Å². The van der Waals surface area contributed by atoms with Crippen LogP contribution in [0.1, 0.15) is 12.6 Å². The van der Waals surface area contributed by atoms with E-state index in [1.165, 1.54) is 30.3 Å². The minimum Gasteiger partial charge on any atom is -0.507 e. The van der Waals surface area contributed by atoms with Crippen LogP contribution in [0.2, 0.25) is 0 Å². The maximum absolute atomic E-state index is 13.8. The Labute approximate surface area is 179 Å². The van der Waals surface area contributed by atoms with Crippen LogP contribution >= 0.6 is 15.9 Å². The molecule has 1 heterocycles. The second-order valence-electron chi connectivity index (χ2n) is 6.58. The Bertz CT molecular complexity index is 1100. The Morgan fingerprint density at radius 1 is 1.17 bits per heavy atom. The molecule has 3 aromatic rings.